The third-order valence-corrected chi connectivity index (χ3v) is 4.61. The van der Waals surface area contributed by atoms with Gasteiger partial charge in [0.15, 0.2) is 0 Å². The van der Waals surface area contributed by atoms with E-state index in [1.54, 1.807) is 12.3 Å². The van der Waals surface area contributed by atoms with Crippen molar-refractivity contribution in [2.45, 2.75) is 37.8 Å². The molecule has 0 bridgehead atoms. The Morgan fingerprint density at radius 2 is 2.00 bits per heavy atom. The lowest BCUT2D eigenvalue weighted by molar-refractivity contribution is 0.0720. The first-order chi connectivity index (χ1) is 10.7. The van der Waals surface area contributed by atoms with E-state index >= 15 is 0 Å². The van der Waals surface area contributed by atoms with Gasteiger partial charge in [-0.3, -0.25) is 4.79 Å². The van der Waals surface area contributed by atoms with Crippen LogP contribution < -0.4 is 0 Å². The molecule has 0 saturated heterocycles. The smallest absolute Gasteiger partial charge is 0.257 e. The van der Waals surface area contributed by atoms with Gasteiger partial charge in [0.25, 0.3) is 5.91 Å². The van der Waals surface area contributed by atoms with Crippen molar-refractivity contribution in [2.75, 3.05) is 6.54 Å². The zero-order valence-electron chi connectivity index (χ0n) is 12.4. The molecule has 1 aliphatic carbocycles. The van der Waals surface area contributed by atoms with Crippen LogP contribution in [0.5, 0.6) is 0 Å². The minimum atomic E-state index is -0.499. The molecule has 1 amide bonds. The summed E-state index contributed by atoms with van der Waals surface area (Å²) in [5.74, 6) is 1.27. The maximum atomic E-state index is 12.9. The van der Waals surface area contributed by atoms with Crippen molar-refractivity contribution >= 4 is 5.91 Å². The van der Waals surface area contributed by atoms with E-state index in [4.69, 9.17) is 4.42 Å². The third kappa shape index (κ3) is 2.33. The summed E-state index contributed by atoms with van der Waals surface area (Å²) in [5.41, 5.74) is 2.65. The van der Waals surface area contributed by atoms with Crippen LogP contribution in [0.15, 0.2) is 41.0 Å². The number of amides is 1. The molecule has 1 aliphatic heterocycles. The molecule has 1 atom stereocenters. The van der Waals surface area contributed by atoms with Crippen LogP contribution in [0.4, 0.5) is 0 Å². The summed E-state index contributed by atoms with van der Waals surface area (Å²) in [6.45, 7) is 1.10. The van der Waals surface area contributed by atoms with Crippen molar-refractivity contribution in [1.82, 2.24) is 4.90 Å². The van der Waals surface area contributed by atoms with Gasteiger partial charge in [-0.05, 0) is 36.5 Å². The summed E-state index contributed by atoms with van der Waals surface area (Å²) in [6.07, 6.45) is 3.90. The van der Waals surface area contributed by atoms with Gasteiger partial charge in [-0.2, -0.15) is 0 Å². The van der Waals surface area contributed by atoms with Gasteiger partial charge >= 0.3 is 0 Å². The fraction of sp³-hybridized carbons (Fsp3) is 0.389. The maximum Gasteiger partial charge on any atom is 0.257 e. The van der Waals surface area contributed by atoms with Crippen molar-refractivity contribution in [2.24, 2.45) is 0 Å². The minimum absolute atomic E-state index is 0.0135. The van der Waals surface area contributed by atoms with Gasteiger partial charge in [0.2, 0.25) is 0 Å². The Morgan fingerprint density at radius 1 is 1.18 bits per heavy atom. The number of aliphatic hydroxyl groups is 1. The standard InChI is InChI=1S/C18H19NO3/c20-16-7-9-19(11-13-3-1-2-4-14(13)16)18(21)15-8-10-22-17(15)12-5-6-12/h1-4,8,10,12,16,20H,5-7,9,11H2. The van der Waals surface area contributed by atoms with E-state index in [-0.39, 0.29) is 5.91 Å². The molecule has 4 nitrogen and oxygen atoms in total. The number of fused-ring (bicyclic) bond motifs is 1. The number of nitrogens with zero attached hydrogens (tertiary/aromatic N) is 1. The Hall–Kier alpha value is -2.07. The largest absolute Gasteiger partial charge is 0.468 e. The lowest BCUT2D eigenvalue weighted by Crippen LogP contribution is -2.31. The van der Waals surface area contributed by atoms with E-state index in [1.165, 1.54) is 0 Å². The predicted octanol–water partition coefficient (Wildman–Crippen LogP) is 3.24. The molecule has 1 unspecified atom stereocenters. The van der Waals surface area contributed by atoms with E-state index in [2.05, 4.69) is 0 Å². The van der Waals surface area contributed by atoms with Crippen LogP contribution in [0.3, 0.4) is 0 Å². The number of carbonyl (C=O) groups excluding carboxylic acids is 1. The van der Waals surface area contributed by atoms with Crippen molar-refractivity contribution in [3.8, 4) is 0 Å². The maximum absolute atomic E-state index is 12.9. The number of benzene rings is 1. The zero-order chi connectivity index (χ0) is 15.1. The SMILES string of the molecule is O=C(c1ccoc1C1CC1)N1CCC(O)c2ccccc2C1. The van der Waals surface area contributed by atoms with Crippen LogP contribution in [0.25, 0.3) is 0 Å². The van der Waals surface area contributed by atoms with Crippen LogP contribution in [0.2, 0.25) is 0 Å². The quantitative estimate of drug-likeness (QED) is 0.926. The molecule has 4 heteroatoms. The third-order valence-electron chi connectivity index (χ3n) is 4.61. The second-order valence-corrected chi connectivity index (χ2v) is 6.20. The van der Waals surface area contributed by atoms with Gasteiger partial charge in [0, 0.05) is 19.0 Å². The minimum Gasteiger partial charge on any atom is -0.468 e. The van der Waals surface area contributed by atoms with Crippen molar-refractivity contribution in [3.63, 3.8) is 0 Å². The molecule has 1 aromatic carbocycles. The highest BCUT2D eigenvalue weighted by atomic mass is 16.3. The van der Waals surface area contributed by atoms with Crippen LogP contribution in [0.1, 0.15) is 58.5 Å². The molecule has 22 heavy (non-hydrogen) atoms. The van der Waals surface area contributed by atoms with Crippen molar-refractivity contribution in [1.29, 1.82) is 0 Å². The molecule has 0 spiro atoms. The first-order valence-corrected chi connectivity index (χ1v) is 7.86. The van der Waals surface area contributed by atoms with Crippen LogP contribution in [-0.2, 0) is 6.54 Å². The average Bonchev–Trinajstić information content (AvgIpc) is 3.30. The van der Waals surface area contributed by atoms with E-state index < -0.39 is 6.10 Å². The van der Waals surface area contributed by atoms with Gasteiger partial charge in [0.05, 0.1) is 17.9 Å². The van der Waals surface area contributed by atoms with Gasteiger partial charge in [-0.15, -0.1) is 0 Å². The Morgan fingerprint density at radius 3 is 2.82 bits per heavy atom. The second-order valence-electron chi connectivity index (χ2n) is 6.20. The van der Waals surface area contributed by atoms with Gasteiger partial charge < -0.3 is 14.4 Å². The Bertz CT molecular complexity index is 702. The number of aliphatic hydroxyl groups excluding tert-OH is 1. The van der Waals surface area contributed by atoms with Crippen LogP contribution in [-0.4, -0.2) is 22.5 Å². The topological polar surface area (TPSA) is 53.7 Å². The molecule has 1 fully saturated rings. The summed E-state index contributed by atoms with van der Waals surface area (Å²) in [6, 6.07) is 9.60. The molecule has 0 radical (unpaired) electrons. The summed E-state index contributed by atoms with van der Waals surface area (Å²) >= 11 is 0. The summed E-state index contributed by atoms with van der Waals surface area (Å²) in [5, 5.41) is 10.3. The number of hydrogen-bond donors (Lipinski definition) is 1. The molecule has 2 heterocycles. The van der Waals surface area contributed by atoms with E-state index in [9.17, 15) is 9.90 Å². The molecule has 4 rings (SSSR count). The number of furan rings is 1. The highest BCUT2D eigenvalue weighted by Crippen LogP contribution is 2.42. The molecule has 1 aromatic heterocycles. The molecule has 1 N–H and O–H groups in total. The lowest BCUT2D eigenvalue weighted by atomic mass is 10.0. The Labute approximate surface area is 129 Å². The molecular formula is C18H19NO3. The average molecular weight is 297 g/mol. The number of hydrogen-bond acceptors (Lipinski definition) is 3. The fourth-order valence-corrected chi connectivity index (χ4v) is 3.22. The molecule has 1 saturated carbocycles. The Kier molecular flexibility index (Phi) is 3.26. The van der Waals surface area contributed by atoms with Gasteiger partial charge in [-0.25, -0.2) is 0 Å². The van der Waals surface area contributed by atoms with Crippen LogP contribution in [0, 0.1) is 0 Å². The van der Waals surface area contributed by atoms with Gasteiger partial charge in [-0.1, -0.05) is 24.3 Å². The molecule has 114 valence electrons. The van der Waals surface area contributed by atoms with Crippen LogP contribution >= 0.6 is 0 Å². The number of carbonyl (C=O) groups is 1. The monoisotopic (exact) mass is 297 g/mol. The lowest BCUT2D eigenvalue weighted by Gasteiger charge is -2.20. The number of rotatable bonds is 2. The predicted molar refractivity (Wildman–Crippen MR) is 81.4 cm³/mol. The van der Waals surface area contributed by atoms with Crippen molar-refractivity contribution in [3.05, 3.63) is 59.0 Å². The molecule has 2 aromatic rings. The van der Waals surface area contributed by atoms with E-state index in [1.807, 2.05) is 29.2 Å². The zero-order valence-corrected chi connectivity index (χ0v) is 12.4. The van der Waals surface area contributed by atoms with E-state index in [0.29, 0.717) is 31.0 Å². The second kappa shape index (κ2) is 5.29. The highest BCUT2D eigenvalue weighted by Gasteiger charge is 2.33. The normalized spacial score (nSPS) is 21.3. The summed E-state index contributed by atoms with van der Waals surface area (Å²) < 4.78 is 5.53. The highest BCUT2D eigenvalue weighted by molar-refractivity contribution is 5.95. The molecule has 2 aliphatic rings. The first-order valence-electron chi connectivity index (χ1n) is 7.86. The van der Waals surface area contributed by atoms with Crippen molar-refractivity contribution < 1.29 is 14.3 Å². The van der Waals surface area contributed by atoms with Gasteiger partial charge in [0.1, 0.15) is 5.76 Å². The first kappa shape index (κ1) is 13.6. The summed E-state index contributed by atoms with van der Waals surface area (Å²) in [7, 11) is 0. The summed E-state index contributed by atoms with van der Waals surface area (Å²) in [4.78, 5) is 14.7. The Balaban J connectivity index is 1.63. The molecular weight excluding hydrogens is 278 g/mol. The fourth-order valence-electron chi connectivity index (χ4n) is 3.22. The van der Waals surface area contributed by atoms with E-state index in [0.717, 1.165) is 29.7 Å².